The van der Waals surface area contributed by atoms with Gasteiger partial charge in [-0.15, -0.1) is 11.3 Å². The lowest BCUT2D eigenvalue weighted by molar-refractivity contribution is -0.135. The number of carbonyl (C=O) groups excluding carboxylic acids is 2. The molecule has 5 nitrogen and oxygen atoms in total. The number of thiophene rings is 1. The highest BCUT2D eigenvalue weighted by Crippen LogP contribution is 2.34. The zero-order valence-electron chi connectivity index (χ0n) is 20.5. The van der Waals surface area contributed by atoms with Crippen molar-refractivity contribution in [2.45, 2.75) is 32.7 Å². The molecule has 0 radical (unpaired) electrons. The number of amides is 2. The topological polar surface area (TPSA) is 49.9 Å². The minimum Gasteiger partial charge on any atom is -0.491 e. The van der Waals surface area contributed by atoms with E-state index in [0.717, 1.165) is 18.4 Å². The molecular weight excluding hydrogens is 499 g/mol. The maximum atomic E-state index is 13.6. The van der Waals surface area contributed by atoms with Gasteiger partial charge < -0.3 is 14.5 Å². The van der Waals surface area contributed by atoms with E-state index in [4.69, 9.17) is 16.3 Å². The summed E-state index contributed by atoms with van der Waals surface area (Å²) >= 11 is 7.68. The van der Waals surface area contributed by atoms with E-state index >= 15 is 0 Å². The Labute approximate surface area is 220 Å². The number of fused-ring (bicyclic) bond motifs is 1. The number of nitrogens with zero attached hydrogens (tertiary/aromatic N) is 2. The molecule has 3 aromatic rings. The molecule has 36 heavy (non-hydrogen) atoms. The van der Waals surface area contributed by atoms with Crippen LogP contribution in [-0.2, 0) is 11.2 Å². The molecule has 1 aromatic heterocycles. The predicted octanol–water partition coefficient (Wildman–Crippen LogP) is 6.23. The van der Waals surface area contributed by atoms with Gasteiger partial charge in [-0.3, -0.25) is 9.59 Å². The van der Waals surface area contributed by atoms with Gasteiger partial charge in [-0.1, -0.05) is 25.4 Å². The van der Waals surface area contributed by atoms with Crippen LogP contribution in [0.1, 0.15) is 47.1 Å². The molecule has 0 N–H and O–H groups in total. The molecule has 190 valence electrons. The van der Waals surface area contributed by atoms with Crippen LogP contribution in [0, 0.1) is 11.7 Å². The van der Waals surface area contributed by atoms with E-state index in [1.807, 2.05) is 10.3 Å². The van der Waals surface area contributed by atoms with Gasteiger partial charge in [0.15, 0.2) is 0 Å². The summed E-state index contributed by atoms with van der Waals surface area (Å²) in [5.74, 6) is 0.244. The van der Waals surface area contributed by atoms with Gasteiger partial charge in [0, 0.05) is 28.6 Å². The van der Waals surface area contributed by atoms with Crippen LogP contribution in [0.25, 0.3) is 0 Å². The molecule has 0 unspecified atom stereocenters. The van der Waals surface area contributed by atoms with Gasteiger partial charge in [0.2, 0.25) is 5.91 Å². The van der Waals surface area contributed by atoms with Crippen molar-refractivity contribution in [3.05, 3.63) is 86.8 Å². The highest BCUT2D eigenvalue weighted by molar-refractivity contribution is 7.10. The van der Waals surface area contributed by atoms with Crippen molar-refractivity contribution in [3.63, 3.8) is 0 Å². The summed E-state index contributed by atoms with van der Waals surface area (Å²) in [5.41, 5.74) is 1.46. The van der Waals surface area contributed by atoms with E-state index in [1.54, 1.807) is 40.5 Å². The molecule has 0 saturated carbocycles. The zero-order chi connectivity index (χ0) is 25.7. The number of rotatable bonds is 9. The van der Waals surface area contributed by atoms with Crippen LogP contribution in [0.3, 0.4) is 0 Å². The fraction of sp³-hybridized carbons (Fsp3) is 0.357. The van der Waals surface area contributed by atoms with Crippen LogP contribution in [-0.4, -0.2) is 47.9 Å². The monoisotopic (exact) mass is 528 g/mol. The Balaban J connectivity index is 1.52. The number of halogens is 2. The van der Waals surface area contributed by atoms with Crippen LogP contribution in [0.5, 0.6) is 5.75 Å². The minimum atomic E-state index is -0.403. The van der Waals surface area contributed by atoms with E-state index in [9.17, 15) is 14.0 Å². The second-order valence-corrected chi connectivity index (χ2v) is 10.8. The molecule has 0 bridgehead atoms. The van der Waals surface area contributed by atoms with E-state index in [-0.39, 0.29) is 24.4 Å². The number of hydrogen-bond donors (Lipinski definition) is 0. The smallest absolute Gasteiger partial charge is 0.254 e. The molecular formula is C28H30ClFN2O3S. The minimum absolute atomic E-state index is 0.0418. The Bertz CT molecular complexity index is 1180. The molecule has 4 rings (SSSR count). The van der Waals surface area contributed by atoms with Crippen molar-refractivity contribution in [2.24, 2.45) is 5.92 Å². The number of ether oxygens (including phenoxy) is 1. The summed E-state index contributed by atoms with van der Waals surface area (Å²) in [6.45, 7) is 5.42. The highest BCUT2D eigenvalue weighted by Gasteiger charge is 2.33. The molecule has 0 saturated heterocycles. The lowest BCUT2D eigenvalue weighted by Gasteiger charge is -2.37. The van der Waals surface area contributed by atoms with Gasteiger partial charge in [0.1, 0.15) is 24.7 Å². The zero-order valence-corrected chi connectivity index (χ0v) is 22.0. The molecule has 0 aliphatic carbocycles. The van der Waals surface area contributed by atoms with E-state index in [2.05, 4.69) is 19.9 Å². The third-order valence-electron chi connectivity index (χ3n) is 6.32. The summed E-state index contributed by atoms with van der Waals surface area (Å²) in [6.07, 6.45) is 1.53. The second-order valence-electron chi connectivity index (χ2n) is 9.33. The quantitative estimate of drug-likeness (QED) is 0.330. The molecule has 8 heteroatoms. The summed E-state index contributed by atoms with van der Waals surface area (Å²) in [5, 5.41) is 2.67. The molecule has 1 atom stereocenters. The Morgan fingerprint density at radius 2 is 1.86 bits per heavy atom. The van der Waals surface area contributed by atoms with Crippen molar-refractivity contribution < 1.29 is 18.7 Å². The Morgan fingerprint density at radius 1 is 1.14 bits per heavy atom. The molecule has 1 aliphatic rings. The first kappa shape index (κ1) is 26.2. The first-order chi connectivity index (χ1) is 17.3. The summed E-state index contributed by atoms with van der Waals surface area (Å²) in [4.78, 5) is 31.6. The Hall–Kier alpha value is -2.90. The number of carbonyl (C=O) groups is 2. The third-order valence-corrected chi connectivity index (χ3v) is 7.57. The lowest BCUT2D eigenvalue weighted by Crippen LogP contribution is -2.48. The molecule has 1 aliphatic heterocycles. The van der Waals surface area contributed by atoms with Crippen LogP contribution in [0.2, 0.25) is 5.02 Å². The van der Waals surface area contributed by atoms with Gasteiger partial charge in [0.05, 0.1) is 6.04 Å². The van der Waals surface area contributed by atoms with Crippen molar-refractivity contribution in [1.82, 2.24) is 9.80 Å². The van der Waals surface area contributed by atoms with Gasteiger partial charge >= 0.3 is 0 Å². The summed E-state index contributed by atoms with van der Waals surface area (Å²) < 4.78 is 19.5. The van der Waals surface area contributed by atoms with Gasteiger partial charge in [0.25, 0.3) is 5.91 Å². The van der Waals surface area contributed by atoms with Crippen molar-refractivity contribution in [2.75, 3.05) is 26.2 Å². The lowest BCUT2D eigenvalue weighted by atomic mass is 10.00. The van der Waals surface area contributed by atoms with E-state index in [1.165, 1.54) is 29.1 Å². The molecule has 2 aromatic carbocycles. The molecule has 0 spiro atoms. The largest absolute Gasteiger partial charge is 0.491 e. The summed E-state index contributed by atoms with van der Waals surface area (Å²) in [7, 11) is 0. The van der Waals surface area contributed by atoms with Gasteiger partial charge in [-0.2, -0.15) is 0 Å². The molecule has 2 heterocycles. The van der Waals surface area contributed by atoms with Crippen molar-refractivity contribution in [1.29, 1.82) is 0 Å². The molecule has 0 fully saturated rings. The van der Waals surface area contributed by atoms with Crippen molar-refractivity contribution in [3.8, 4) is 5.75 Å². The average Bonchev–Trinajstić information content (AvgIpc) is 3.35. The van der Waals surface area contributed by atoms with E-state index in [0.29, 0.717) is 41.9 Å². The average molecular weight is 529 g/mol. The predicted molar refractivity (Wildman–Crippen MR) is 141 cm³/mol. The summed E-state index contributed by atoms with van der Waals surface area (Å²) in [6, 6.07) is 14.4. The van der Waals surface area contributed by atoms with Crippen molar-refractivity contribution >= 4 is 34.8 Å². The SMILES string of the molecule is CC(C)CCN(CC(=O)N1CCc2sccc2[C@H]1COc1ccc(Cl)cc1)C(=O)c1ccc(F)cc1. The van der Waals surface area contributed by atoms with E-state index < -0.39 is 5.82 Å². The second kappa shape index (κ2) is 11.9. The van der Waals surface area contributed by atoms with Crippen LogP contribution >= 0.6 is 22.9 Å². The number of benzene rings is 2. The van der Waals surface area contributed by atoms with Gasteiger partial charge in [-0.05, 0) is 84.3 Å². The molecule has 2 amide bonds. The Morgan fingerprint density at radius 3 is 2.56 bits per heavy atom. The Kier molecular flexibility index (Phi) is 8.64. The first-order valence-electron chi connectivity index (χ1n) is 12.1. The van der Waals surface area contributed by atoms with Crippen LogP contribution in [0.15, 0.2) is 60.0 Å². The van der Waals surface area contributed by atoms with Crippen LogP contribution < -0.4 is 4.74 Å². The first-order valence-corrected chi connectivity index (χ1v) is 13.4. The maximum Gasteiger partial charge on any atom is 0.254 e. The third kappa shape index (κ3) is 6.45. The maximum absolute atomic E-state index is 13.6. The fourth-order valence-corrected chi connectivity index (χ4v) is 5.33. The number of hydrogen-bond acceptors (Lipinski definition) is 4. The normalized spacial score (nSPS) is 15.0. The van der Waals surface area contributed by atoms with Gasteiger partial charge in [-0.25, -0.2) is 4.39 Å². The van der Waals surface area contributed by atoms with Crippen LogP contribution in [0.4, 0.5) is 4.39 Å². The standard InChI is InChI=1S/C28H30ClFN2O3S/c1-19(2)11-14-31(28(34)20-3-7-22(30)8-4-20)17-27(33)32-15-12-26-24(13-16-36-26)25(32)18-35-23-9-5-21(29)6-10-23/h3-10,13,16,19,25H,11-12,14-15,17-18H2,1-2H3/t25-/m1/s1. The highest BCUT2D eigenvalue weighted by atomic mass is 35.5. The fourth-order valence-electron chi connectivity index (χ4n) is 4.28.